The Hall–Kier alpha value is -2.82. The molecule has 0 saturated heterocycles. The fourth-order valence-corrected chi connectivity index (χ4v) is 4.44. The van der Waals surface area contributed by atoms with E-state index >= 15 is 0 Å². The Morgan fingerprint density at radius 3 is 2.59 bits per heavy atom. The van der Waals surface area contributed by atoms with Gasteiger partial charge in [0.25, 0.3) is 0 Å². The van der Waals surface area contributed by atoms with Crippen molar-refractivity contribution in [3.63, 3.8) is 0 Å². The van der Waals surface area contributed by atoms with Crippen LogP contribution in [0.15, 0.2) is 47.7 Å². The van der Waals surface area contributed by atoms with Crippen LogP contribution in [0.4, 0.5) is 10.1 Å². The molecule has 0 fully saturated rings. The molecule has 0 radical (unpaired) electrons. The number of rotatable bonds is 1. The molecule has 1 N–H and O–H groups in total. The first kappa shape index (κ1) is 16.4. The van der Waals surface area contributed by atoms with Crippen molar-refractivity contribution in [2.45, 2.75) is 32.6 Å². The van der Waals surface area contributed by atoms with Crippen molar-refractivity contribution in [1.29, 1.82) is 0 Å². The summed E-state index contributed by atoms with van der Waals surface area (Å²) in [6.45, 7) is 4.34. The van der Waals surface area contributed by atoms with Crippen LogP contribution in [0.5, 0.6) is 11.5 Å². The summed E-state index contributed by atoms with van der Waals surface area (Å²) < 4.78 is 25.8. The molecule has 0 amide bonds. The van der Waals surface area contributed by atoms with Gasteiger partial charge in [0, 0.05) is 35.4 Å². The van der Waals surface area contributed by atoms with Crippen molar-refractivity contribution in [2.75, 3.05) is 12.1 Å². The van der Waals surface area contributed by atoms with E-state index in [1.165, 1.54) is 6.07 Å². The molecule has 0 bridgehead atoms. The van der Waals surface area contributed by atoms with Gasteiger partial charge in [-0.2, -0.15) is 0 Å². The lowest BCUT2D eigenvalue weighted by Crippen LogP contribution is -2.34. The molecule has 27 heavy (non-hydrogen) atoms. The number of carbonyl (C=O) groups is 1. The molecule has 0 aromatic heterocycles. The quantitative estimate of drug-likeness (QED) is 0.792. The van der Waals surface area contributed by atoms with E-state index in [4.69, 9.17) is 9.47 Å². The van der Waals surface area contributed by atoms with Gasteiger partial charge in [-0.1, -0.05) is 32.0 Å². The van der Waals surface area contributed by atoms with Gasteiger partial charge in [-0.25, -0.2) is 4.39 Å². The predicted octanol–water partition coefficient (Wildman–Crippen LogP) is 4.76. The van der Waals surface area contributed by atoms with Gasteiger partial charge in [0.2, 0.25) is 6.79 Å². The van der Waals surface area contributed by atoms with E-state index in [1.54, 1.807) is 12.1 Å². The molecule has 3 aliphatic rings. The van der Waals surface area contributed by atoms with Gasteiger partial charge in [0.05, 0.1) is 0 Å². The number of Topliss-reactive ketones (excluding diaryl/α,β-unsaturated/α-hetero) is 1. The summed E-state index contributed by atoms with van der Waals surface area (Å²) >= 11 is 0. The normalized spacial score (nSPS) is 22.2. The second-order valence-corrected chi connectivity index (χ2v) is 8.21. The Balaban J connectivity index is 1.76. The molecular weight excluding hydrogens is 345 g/mol. The van der Waals surface area contributed by atoms with E-state index < -0.39 is 5.92 Å². The van der Waals surface area contributed by atoms with E-state index in [0.29, 0.717) is 29.1 Å². The molecule has 2 aromatic rings. The SMILES string of the molecule is CC1(C)CC(=O)C2=C(C1)Nc1cc3c(cc1[C@H]2c1ccccc1F)OCO3. The van der Waals surface area contributed by atoms with Crippen LogP contribution in [0.25, 0.3) is 0 Å². The van der Waals surface area contributed by atoms with E-state index in [0.717, 1.165) is 23.4 Å². The number of halogens is 1. The van der Waals surface area contributed by atoms with Gasteiger partial charge in [-0.05, 0) is 35.1 Å². The van der Waals surface area contributed by atoms with Crippen molar-refractivity contribution >= 4 is 11.5 Å². The highest BCUT2D eigenvalue weighted by atomic mass is 19.1. The smallest absolute Gasteiger partial charge is 0.231 e. The van der Waals surface area contributed by atoms with Crippen molar-refractivity contribution < 1.29 is 18.7 Å². The lowest BCUT2D eigenvalue weighted by atomic mass is 9.68. The van der Waals surface area contributed by atoms with Crippen LogP contribution < -0.4 is 14.8 Å². The van der Waals surface area contributed by atoms with Gasteiger partial charge >= 0.3 is 0 Å². The molecule has 1 atom stereocenters. The molecule has 0 saturated carbocycles. The number of carbonyl (C=O) groups excluding carboxylic acids is 1. The van der Waals surface area contributed by atoms with Crippen LogP contribution in [0.3, 0.4) is 0 Å². The number of allylic oxidation sites excluding steroid dienone is 2. The third-order valence-corrected chi connectivity index (χ3v) is 5.57. The first-order valence-corrected chi connectivity index (χ1v) is 9.14. The number of hydrogen-bond donors (Lipinski definition) is 1. The van der Waals surface area contributed by atoms with Gasteiger partial charge in [-0.3, -0.25) is 4.79 Å². The van der Waals surface area contributed by atoms with E-state index in [2.05, 4.69) is 19.2 Å². The fourth-order valence-electron chi connectivity index (χ4n) is 4.44. The van der Waals surface area contributed by atoms with Crippen LogP contribution >= 0.6 is 0 Å². The van der Waals surface area contributed by atoms with E-state index in [9.17, 15) is 9.18 Å². The number of fused-ring (bicyclic) bond motifs is 2. The van der Waals surface area contributed by atoms with Crippen molar-refractivity contribution in [3.05, 3.63) is 64.6 Å². The predicted molar refractivity (Wildman–Crippen MR) is 99.5 cm³/mol. The Morgan fingerprint density at radius 1 is 1.07 bits per heavy atom. The number of anilines is 1. The fraction of sp³-hybridized carbons (Fsp3) is 0.318. The van der Waals surface area contributed by atoms with Gasteiger partial charge in [-0.15, -0.1) is 0 Å². The minimum atomic E-state index is -0.449. The lowest BCUT2D eigenvalue weighted by Gasteiger charge is -2.39. The van der Waals surface area contributed by atoms with Crippen molar-refractivity contribution in [2.24, 2.45) is 5.41 Å². The summed E-state index contributed by atoms with van der Waals surface area (Å²) in [6.07, 6.45) is 1.20. The second kappa shape index (κ2) is 5.59. The van der Waals surface area contributed by atoms with Gasteiger partial charge < -0.3 is 14.8 Å². The zero-order valence-corrected chi connectivity index (χ0v) is 15.3. The highest BCUT2D eigenvalue weighted by Gasteiger charge is 2.42. The second-order valence-electron chi connectivity index (χ2n) is 8.21. The van der Waals surface area contributed by atoms with Crippen molar-refractivity contribution in [1.82, 2.24) is 0 Å². The number of hydrogen-bond acceptors (Lipinski definition) is 4. The molecule has 2 aromatic carbocycles. The van der Waals surface area contributed by atoms with Crippen LogP contribution in [0, 0.1) is 11.2 Å². The van der Waals surface area contributed by atoms with E-state index in [1.807, 2.05) is 18.2 Å². The standard InChI is InChI=1S/C22H20FNO3/c1-22(2)9-16-21(17(25)10-22)20(12-5-3-4-6-14(12)23)13-7-18-19(27-11-26-18)8-15(13)24-16/h3-8,20,24H,9-11H2,1-2H3/t20-/m1/s1. The Bertz CT molecular complexity index is 1010. The van der Waals surface area contributed by atoms with Gasteiger partial charge in [0.1, 0.15) is 5.82 Å². The summed E-state index contributed by atoms with van der Waals surface area (Å²) in [5.41, 5.74) is 3.63. The number of nitrogens with one attached hydrogen (secondary N) is 1. The molecular formula is C22H20FNO3. The summed E-state index contributed by atoms with van der Waals surface area (Å²) in [5, 5.41) is 3.43. The first-order valence-electron chi connectivity index (χ1n) is 9.14. The molecule has 138 valence electrons. The maximum Gasteiger partial charge on any atom is 0.231 e. The highest BCUT2D eigenvalue weighted by molar-refractivity contribution is 6.01. The van der Waals surface area contributed by atoms with Gasteiger partial charge in [0.15, 0.2) is 17.3 Å². The summed E-state index contributed by atoms with van der Waals surface area (Å²) in [6, 6.07) is 10.4. The molecule has 0 unspecified atom stereocenters. The minimum Gasteiger partial charge on any atom is -0.454 e. The molecule has 5 rings (SSSR count). The summed E-state index contributed by atoms with van der Waals surface area (Å²) in [7, 11) is 0. The Labute approximate surface area is 157 Å². The number of benzene rings is 2. The molecule has 0 spiro atoms. The third kappa shape index (κ3) is 2.52. The maximum atomic E-state index is 14.8. The topological polar surface area (TPSA) is 47.6 Å². The average molecular weight is 365 g/mol. The number of ether oxygens (including phenoxy) is 2. The maximum absolute atomic E-state index is 14.8. The summed E-state index contributed by atoms with van der Waals surface area (Å²) in [5.74, 6) is 0.613. The van der Waals surface area contributed by atoms with Crippen LogP contribution in [-0.2, 0) is 4.79 Å². The zero-order chi connectivity index (χ0) is 18.8. The largest absolute Gasteiger partial charge is 0.454 e. The Kier molecular flexibility index (Phi) is 3.39. The van der Waals surface area contributed by atoms with Crippen LogP contribution in [0.2, 0.25) is 0 Å². The molecule has 1 aliphatic carbocycles. The monoisotopic (exact) mass is 365 g/mol. The average Bonchev–Trinajstić information content (AvgIpc) is 3.05. The third-order valence-electron chi connectivity index (χ3n) is 5.57. The van der Waals surface area contributed by atoms with Crippen LogP contribution in [-0.4, -0.2) is 12.6 Å². The lowest BCUT2D eigenvalue weighted by molar-refractivity contribution is -0.118. The zero-order valence-electron chi connectivity index (χ0n) is 15.3. The first-order chi connectivity index (χ1) is 12.9. The minimum absolute atomic E-state index is 0.0744. The molecule has 4 nitrogen and oxygen atoms in total. The molecule has 5 heteroatoms. The number of ketones is 1. The van der Waals surface area contributed by atoms with Crippen molar-refractivity contribution in [3.8, 4) is 11.5 Å². The van der Waals surface area contributed by atoms with Crippen LogP contribution in [0.1, 0.15) is 43.7 Å². The van der Waals surface area contributed by atoms with E-state index in [-0.39, 0.29) is 23.8 Å². The highest BCUT2D eigenvalue weighted by Crippen LogP contribution is 2.52. The molecule has 2 heterocycles. The summed E-state index contributed by atoms with van der Waals surface area (Å²) in [4.78, 5) is 13.1. The Morgan fingerprint density at radius 2 is 1.81 bits per heavy atom. The molecule has 2 aliphatic heterocycles.